The third kappa shape index (κ3) is 4.10. The third-order valence-electron chi connectivity index (χ3n) is 2.49. The highest BCUT2D eigenvalue weighted by Gasteiger charge is 2.03. The van der Waals surface area contributed by atoms with E-state index in [4.69, 9.17) is 21.4 Å². The van der Waals surface area contributed by atoms with E-state index in [0.29, 0.717) is 22.9 Å². The van der Waals surface area contributed by atoms with Gasteiger partial charge in [0.05, 0.1) is 0 Å². The van der Waals surface area contributed by atoms with Crippen molar-refractivity contribution in [2.24, 2.45) is 0 Å². The predicted molar refractivity (Wildman–Crippen MR) is 76.7 cm³/mol. The highest BCUT2D eigenvalue weighted by molar-refractivity contribution is 6.30. The van der Waals surface area contributed by atoms with E-state index >= 15 is 0 Å². The van der Waals surface area contributed by atoms with Crippen molar-refractivity contribution in [2.45, 2.75) is 6.61 Å². The molecule has 102 valence electrons. The molecule has 0 bridgehead atoms. The van der Waals surface area contributed by atoms with Crippen LogP contribution in [0.25, 0.3) is 6.08 Å². The highest BCUT2D eigenvalue weighted by Crippen LogP contribution is 2.25. The number of rotatable bonds is 5. The summed E-state index contributed by atoms with van der Waals surface area (Å²) >= 11 is 5.90. The first-order valence-corrected chi connectivity index (χ1v) is 6.25. The minimum atomic E-state index is -1.02. The molecule has 0 fully saturated rings. The van der Waals surface area contributed by atoms with Gasteiger partial charge in [0.2, 0.25) is 0 Å². The summed E-state index contributed by atoms with van der Waals surface area (Å²) in [6.07, 6.45) is 5.89. The quantitative estimate of drug-likeness (QED) is 0.857. The molecule has 1 heterocycles. The standard InChI is InChI=1S/C15H12ClNO3/c16-13-4-5-14(12(8-13)3-6-15(18)19)20-10-11-2-1-7-17-9-11/h1-9H,10H2,(H,18,19). The van der Waals surface area contributed by atoms with Crippen LogP contribution in [0.2, 0.25) is 5.02 Å². The second kappa shape index (κ2) is 6.73. The zero-order chi connectivity index (χ0) is 14.4. The van der Waals surface area contributed by atoms with Crippen LogP contribution in [0.5, 0.6) is 5.75 Å². The van der Waals surface area contributed by atoms with Crippen LogP contribution in [0.1, 0.15) is 11.1 Å². The van der Waals surface area contributed by atoms with Crippen LogP contribution in [-0.4, -0.2) is 16.1 Å². The Labute approximate surface area is 121 Å². The first-order chi connectivity index (χ1) is 9.65. The molecule has 1 aromatic carbocycles. The number of aromatic nitrogens is 1. The molecule has 1 N–H and O–H groups in total. The Morgan fingerprint density at radius 1 is 1.40 bits per heavy atom. The van der Waals surface area contributed by atoms with Crippen molar-refractivity contribution in [3.05, 3.63) is 65.0 Å². The van der Waals surface area contributed by atoms with Gasteiger partial charge < -0.3 is 9.84 Å². The number of aliphatic carboxylic acids is 1. The van der Waals surface area contributed by atoms with Crippen LogP contribution < -0.4 is 4.74 Å². The number of benzene rings is 1. The van der Waals surface area contributed by atoms with E-state index in [9.17, 15) is 4.79 Å². The lowest BCUT2D eigenvalue weighted by Crippen LogP contribution is -1.97. The zero-order valence-corrected chi connectivity index (χ0v) is 11.2. The van der Waals surface area contributed by atoms with Crippen LogP contribution in [0.3, 0.4) is 0 Å². The summed E-state index contributed by atoms with van der Waals surface area (Å²) < 4.78 is 5.67. The molecule has 2 aromatic rings. The molecule has 0 unspecified atom stereocenters. The number of pyridine rings is 1. The molecule has 2 rings (SSSR count). The Morgan fingerprint density at radius 3 is 2.95 bits per heavy atom. The first kappa shape index (κ1) is 14.1. The van der Waals surface area contributed by atoms with Crippen LogP contribution >= 0.6 is 11.6 Å². The number of halogens is 1. The normalized spacial score (nSPS) is 10.7. The monoisotopic (exact) mass is 289 g/mol. The average Bonchev–Trinajstić information content (AvgIpc) is 2.45. The number of hydrogen-bond acceptors (Lipinski definition) is 3. The summed E-state index contributed by atoms with van der Waals surface area (Å²) in [7, 11) is 0. The number of carboxylic acid groups (broad SMARTS) is 1. The van der Waals surface area contributed by atoms with E-state index in [-0.39, 0.29) is 0 Å². The Hall–Kier alpha value is -2.33. The van der Waals surface area contributed by atoms with Gasteiger partial charge in [0.25, 0.3) is 0 Å². The maximum absolute atomic E-state index is 10.6. The van der Waals surface area contributed by atoms with Gasteiger partial charge in [0.15, 0.2) is 0 Å². The molecule has 0 aliphatic rings. The summed E-state index contributed by atoms with van der Waals surface area (Å²) in [6.45, 7) is 0.351. The average molecular weight is 290 g/mol. The Balaban J connectivity index is 2.16. The summed E-state index contributed by atoms with van der Waals surface area (Å²) in [6, 6.07) is 8.78. The molecule has 1 aromatic heterocycles. The van der Waals surface area contributed by atoms with E-state index in [0.717, 1.165) is 11.6 Å². The van der Waals surface area contributed by atoms with Gasteiger partial charge in [-0.3, -0.25) is 4.98 Å². The fourth-order valence-electron chi connectivity index (χ4n) is 1.59. The SMILES string of the molecule is O=C(O)C=Cc1cc(Cl)ccc1OCc1cccnc1. The number of carboxylic acids is 1. The van der Waals surface area contributed by atoms with Gasteiger partial charge >= 0.3 is 5.97 Å². The molecular formula is C15H12ClNO3. The second-order valence-electron chi connectivity index (χ2n) is 4.00. The lowest BCUT2D eigenvalue weighted by Gasteiger charge is -2.09. The maximum atomic E-state index is 10.6. The van der Waals surface area contributed by atoms with Gasteiger partial charge in [0, 0.05) is 34.6 Å². The molecule has 0 saturated carbocycles. The smallest absolute Gasteiger partial charge is 0.328 e. The highest BCUT2D eigenvalue weighted by atomic mass is 35.5. The van der Waals surface area contributed by atoms with Gasteiger partial charge in [-0.25, -0.2) is 4.79 Å². The molecule has 0 aliphatic heterocycles. The molecular weight excluding hydrogens is 278 g/mol. The number of hydrogen-bond donors (Lipinski definition) is 1. The van der Waals surface area contributed by atoms with Crippen LogP contribution in [0.4, 0.5) is 0 Å². The maximum Gasteiger partial charge on any atom is 0.328 e. The Kier molecular flexibility index (Phi) is 4.74. The largest absolute Gasteiger partial charge is 0.488 e. The molecule has 0 atom stereocenters. The van der Waals surface area contributed by atoms with Gasteiger partial charge in [-0.05, 0) is 30.3 Å². The molecule has 0 saturated heterocycles. The minimum absolute atomic E-state index is 0.351. The molecule has 0 aliphatic carbocycles. The molecule has 0 radical (unpaired) electrons. The van der Waals surface area contributed by atoms with E-state index in [1.165, 1.54) is 6.08 Å². The van der Waals surface area contributed by atoms with Gasteiger partial charge in [-0.15, -0.1) is 0 Å². The van der Waals surface area contributed by atoms with Crippen LogP contribution in [-0.2, 0) is 11.4 Å². The molecule has 20 heavy (non-hydrogen) atoms. The van der Waals surface area contributed by atoms with Gasteiger partial charge in [-0.2, -0.15) is 0 Å². The second-order valence-corrected chi connectivity index (χ2v) is 4.44. The molecule has 0 amide bonds. The predicted octanol–water partition coefficient (Wildman–Crippen LogP) is 3.41. The van der Waals surface area contributed by atoms with Crippen molar-refractivity contribution in [1.82, 2.24) is 4.98 Å². The fraction of sp³-hybridized carbons (Fsp3) is 0.0667. The lowest BCUT2D eigenvalue weighted by molar-refractivity contribution is -0.131. The zero-order valence-electron chi connectivity index (χ0n) is 10.5. The van der Waals surface area contributed by atoms with E-state index in [2.05, 4.69) is 4.98 Å². The first-order valence-electron chi connectivity index (χ1n) is 5.87. The van der Waals surface area contributed by atoms with E-state index < -0.39 is 5.97 Å². The summed E-state index contributed by atoms with van der Waals surface area (Å²) in [4.78, 5) is 14.6. The van der Waals surface area contributed by atoms with E-state index in [1.807, 2.05) is 12.1 Å². The van der Waals surface area contributed by atoms with E-state index in [1.54, 1.807) is 30.6 Å². The number of nitrogens with zero attached hydrogens (tertiary/aromatic N) is 1. The van der Waals surface area contributed by atoms with Gasteiger partial charge in [-0.1, -0.05) is 17.7 Å². The molecule has 4 nitrogen and oxygen atoms in total. The fourth-order valence-corrected chi connectivity index (χ4v) is 1.77. The van der Waals surface area contributed by atoms with Crippen LogP contribution in [0.15, 0.2) is 48.8 Å². The third-order valence-corrected chi connectivity index (χ3v) is 2.73. The number of ether oxygens (including phenoxy) is 1. The number of carbonyl (C=O) groups is 1. The topological polar surface area (TPSA) is 59.4 Å². The lowest BCUT2D eigenvalue weighted by atomic mass is 10.2. The summed E-state index contributed by atoms with van der Waals surface area (Å²) in [5.74, 6) is -0.459. The van der Waals surface area contributed by atoms with Crippen molar-refractivity contribution in [3.8, 4) is 5.75 Å². The van der Waals surface area contributed by atoms with Crippen molar-refractivity contribution < 1.29 is 14.6 Å². The van der Waals surface area contributed by atoms with Gasteiger partial charge in [0.1, 0.15) is 12.4 Å². The van der Waals surface area contributed by atoms with Crippen molar-refractivity contribution in [3.63, 3.8) is 0 Å². The Bertz CT molecular complexity index is 626. The van der Waals surface area contributed by atoms with Crippen molar-refractivity contribution in [1.29, 1.82) is 0 Å². The van der Waals surface area contributed by atoms with Crippen molar-refractivity contribution >= 4 is 23.6 Å². The Morgan fingerprint density at radius 2 is 2.25 bits per heavy atom. The molecule has 5 heteroatoms. The molecule has 0 spiro atoms. The van der Waals surface area contributed by atoms with Crippen molar-refractivity contribution in [2.75, 3.05) is 0 Å². The summed E-state index contributed by atoms with van der Waals surface area (Å²) in [5, 5.41) is 9.19. The van der Waals surface area contributed by atoms with Crippen LogP contribution in [0, 0.1) is 0 Å². The summed E-state index contributed by atoms with van der Waals surface area (Å²) in [5.41, 5.74) is 1.54. The minimum Gasteiger partial charge on any atom is -0.488 e.